The molecule has 5 rings (SSSR count). The third-order valence-corrected chi connectivity index (χ3v) is 5.53. The van der Waals surface area contributed by atoms with Crippen molar-refractivity contribution in [2.75, 3.05) is 11.9 Å². The van der Waals surface area contributed by atoms with E-state index >= 15 is 0 Å². The van der Waals surface area contributed by atoms with Gasteiger partial charge in [0, 0.05) is 28.7 Å². The predicted molar refractivity (Wildman–Crippen MR) is 131 cm³/mol. The van der Waals surface area contributed by atoms with Gasteiger partial charge in [-0.1, -0.05) is 24.3 Å². The average Bonchev–Trinajstić information content (AvgIpc) is 3.42. The zero-order chi connectivity index (χ0) is 23.7. The Morgan fingerprint density at radius 2 is 1.97 bits per heavy atom. The van der Waals surface area contributed by atoms with E-state index in [9.17, 15) is 9.18 Å². The first-order valence-electron chi connectivity index (χ1n) is 10.9. The summed E-state index contributed by atoms with van der Waals surface area (Å²) in [7, 11) is 0. The number of hydrogen-bond acceptors (Lipinski definition) is 4. The number of nitrogens with zero attached hydrogens (tertiary/aromatic N) is 1. The Kier molecular flexibility index (Phi) is 5.59. The van der Waals surface area contributed by atoms with Crippen molar-refractivity contribution in [2.45, 2.75) is 13.8 Å². The van der Waals surface area contributed by atoms with Gasteiger partial charge >= 0.3 is 0 Å². The van der Waals surface area contributed by atoms with Crippen molar-refractivity contribution in [2.24, 2.45) is 0 Å². The molecule has 5 aromatic rings. The number of fused-ring (bicyclic) bond motifs is 2. The molecule has 2 heterocycles. The van der Waals surface area contributed by atoms with Crippen LogP contribution in [-0.2, 0) is 4.79 Å². The van der Waals surface area contributed by atoms with Gasteiger partial charge in [0.2, 0.25) is 5.95 Å². The summed E-state index contributed by atoms with van der Waals surface area (Å²) < 4.78 is 25.0. The van der Waals surface area contributed by atoms with E-state index in [0.29, 0.717) is 29.5 Å². The molecule has 0 unspecified atom stereocenters. The minimum atomic E-state index is -0.315. The molecule has 34 heavy (non-hydrogen) atoms. The number of nitrogens with one attached hydrogen (secondary N) is 2. The maximum absolute atomic E-state index is 13.4. The largest absolute Gasteiger partial charge is 0.493 e. The lowest BCUT2D eigenvalue weighted by Crippen LogP contribution is -2.10. The summed E-state index contributed by atoms with van der Waals surface area (Å²) in [5.74, 6) is 0.375. The van der Waals surface area contributed by atoms with Crippen molar-refractivity contribution in [3.05, 3.63) is 84.4 Å². The molecule has 6 nitrogen and oxygen atoms in total. The maximum Gasteiger partial charge on any atom is 0.250 e. The highest BCUT2D eigenvalue weighted by Crippen LogP contribution is 2.37. The molecule has 0 aliphatic heterocycles. The molecule has 0 radical (unpaired) electrons. The standard InChI is InChI=1S/C27H22FN3O3/c1-3-33-24-14-25-20(21(15-34-25)17-8-10-18(28)11-9-17)13-19(24)16(2)12-26(32)31-27-29-22-6-4-5-7-23(22)30-27/h4-15H,3H2,1-2H3,(H2,29,30,31,32)/b16-12+. The lowest BCUT2D eigenvalue weighted by atomic mass is 9.99. The van der Waals surface area contributed by atoms with E-state index < -0.39 is 0 Å². The van der Waals surface area contributed by atoms with Gasteiger partial charge in [-0.25, -0.2) is 9.37 Å². The second-order valence-corrected chi connectivity index (χ2v) is 7.85. The summed E-state index contributed by atoms with van der Waals surface area (Å²) in [5.41, 5.74) is 5.40. The van der Waals surface area contributed by atoms with Crippen LogP contribution in [-0.4, -0.2) is 22.5 Å². The number of ether oxygens (including phenoxy) is 1. The highest BCUT2D eigenvalue weighted by Gasteiger charge is 2.16. The van der Waals surface area contributed by atoms with E-state index in [0.717, 1.165) is 33.1 Å². The number of rotatable bonds is 6. The van der Waals surface area contributed by atoms with E-state index in [-0.39, 0.29) is 11.7 Å². The second kappa shape index (κ2) is 8.86. The van der Waals surface area contributed by atoms with Crippen LogP contribution in [0, 0.1) is 5.82 Å². The molecule has 170 valence electrons. The Morgan fingerprint density at radius 3 is 2.74 bits per heavy atom. The number of anilines is 1. The van der Waals surface area contributed by atoms with Crippen LogP contribution in [0.25, 0.3) is 38.7 Å². The van der Waals surface area contributed by atoms with Crippen LogP contribution in [0.3, 0.4) is 0 Å². The fraction of sp³-hybridized carbons (Fsp3) is 0.111. The lowest BCUT2D eigenvalue weighted by Gasteiger charge is -2.11. The quantitative estimate of drug-likeness (QED) is 0.284. The van der Waals surface area contributed by atoms with E-state index in [2.05, 4.69) is 15.3 Å². The molecule has 0 bridgehead atoms. The van der Waals surface area contributed by atoms with Crippen molar-refractivity contribution in [3.63, 3.8) is 0 Å². The third-order valence-electron chi connectivity index (χ3n) is 5.53. The molecule has 1 amide bonds. The van der Waals surface area contributed by atoms with Gasteiger partial charge in [0.1, 0.15) is 17.1 Å². The third kappa shape index (κ3) is 4.15. The summed E-state index contributed by atoms with van der Waals surface area (Å²) in [4.78, 5) is 20.2. The molecule has 0 saturated heterocycles. The fourth-order valence-electron chi connectivity index (χ4n) is 3.93. The second-order valence-electron chi connectivity index (χ2n) is 7.85. The number of amides is 1. The maximum atomic E-state index is 13.4. The SMILES string of the molecule is CCOc1cc2occ(-c3ccc(F)cc3)c2cc1/C(C)=C/C(=O)Nc1nc2ccccc2[nH]1. The number of benzene rings is 3. The van der Waals surface area contributed by atoms with Crippen LogP contribution in [0.15, 0.2) is 77.4 Å². The Hall–Kier alpha value is -4.39. The van der Waals surface area contributed by atoms with Crippen molar-refractivity contribution < 1.29 is 18.3 Å². The fourth-order valence-corrected chi connectivity index (χ4v) is 3.93. The molecule has 0 spiro atoms. The van der Waals surface area contributed by atoms with Crippen LogP contribution in [0.1, 0.15) is 19.4 Å². The monoisotopic (exact) mass is 455 g/mol. The van der Waals surface area contributed by atoms with Gasteiger partial charge in [-0.2, -0.15) is 0 Å². The molecule has 2 N–H and O–H groups in total. The molecular weight excluding hydrogens is 433 g/mol. The summed E-state index contributed by atoms with van der Waals surface area (Å²) in [6, 6.07) is 17.5. The number of imidazole rings is 1. The summed E-state index contributed by atoms with van der Waals surface area (Å²) in [6.07, 6.45) is 3.15. The molecular formula is C27H22FN3O3. The van der Waals surface area contributed by atoms with Crippen molar-refractivity contribution in [1.82, 2.24) is 9.97 Å². The lowest BCUT2D eigenvalue weighted by molar-refractivity contribution is -0.111. The number of H-pyrrole nitrogens is 1. The number of aromatic amines is 1. The molecule has 0 atom stereocenters. The van der Waals surface area contributed by atoms with Gasteiger partial charge in [0.15, 0.2) is 0 Å². The topological polar surface area (TPSA) is 80.2 Å². The Balaban J connectivity index is 1.50. The van der Waals surface area contributed by atoms with Crippen LogP contribution in [0.4, 0.5) is 10.3 Å². The number of halogens is 1. The van der Waals surface area contributed by atoms with Crippen LogP contribution >= 0.6 is 0 Å². The molecule has 0 saturated carbocycles. The van der Waals surface area contributed by atoms with Gasteiger partial charge in [-0.15, -0.1) is 0 Å². The minimum Gasteiger partial charge on any atom is -0.493 e. The molecule has 2 aromatic heterocycles. The van der Waals surface area contributed by atoms with Crippen LogP contribution < -0.4 is 10.1 Å². The number of aromatic nitrogens is 2. The Labute approximate surface area is 195 Å². The number of allylic oxidation sites excluding steroid dienone is 1. The highest BCUT2D eigenvalue weighted by atomic mass is 19.1. The van der Waals surface area contributed by atoms with Gasteiger partial charge in [-0.3, -0.25) is 10.1 Å². The van der Waals surface area contributed by atoms with Crippen molar-refractivity contribution in [3.8, 4) is 16.9 Å². The zero-order valence-corrected chi connectivity index (χ0v) is 18.7. The Bertz CT molecular complexity index is 1500. The van der Waals surface area contributed by atoms with E-state index in [1.165, 1.54) is 18.2 Å². The predicted octanol–water partition coefficient (Wildman–Crippen LogP) is 6.56. The van der Waals surface area contributed by atoms with Gasteiger partial charge in [0.05, 0.1) is 23.9 Å². The minimum absolute atomic E-state index is 0.301. The molecule has 0 aliphatic rings. The van der Waals surface area contributed by atoms with E-state index in [1.54, 1.807) is 18.4 Å². The van der Waals surface area contributed by atoms with E-state index in [4.69, 9.17) is 9.15 Å². The van der Waals surface area contributed by atoms with Crippen LogP contribution in [0.5, 0.6) is 5.75 Å². The number of furan rings is 1. The van der Waals surface area contributed by atoms with Crippen LogP contribution in [0.2, 0.25) is 0 Å². The summed E-state index contributed by atoms with van der Waals surface area (Å²) in [5, 5.41) is 3.62. The molecule has 0 aliphatic carbocycles. The number of carbonyl (C=O) groups excluding carboxylic acids is 1. The smallest absolute Gasteiger partial charge is 0.250 e. The zero-order valence-electron chi connectivity index (χ0n) is 18.7. The van der Waals surface area contributed by atoms with E-state index in [1.807, 2.05) is 50.2 Å². The summed E-state index contributed by atoms with van der Waals surface area (Å²) >= 11 is 0. The highest BCUT2D eigenvalue weighted by molar-refractivity contribution is 6.05. The van der Waals surface area contributed by atoms with Gasteiger partial charge in [-0.05, 0) is 55.3 Å². The first kappa shape index (κ1) is 21.5. The number of hydrogen-bond donors (Lipinski definition) is 2. The van der Waals surface area contributed by atoms with Gasteiger partial charge in [0.25, 0.3) is 5.91 Å². The number of carbonyl (C=O) groups is 1. The normalized spacial score (nSPS) is 11.8. The average molecular weight is 455 g/mol. The molecule has 7 heteroatoms. The van der Waals surface area contributed by atoms with Crippen molar-refractivity contribution in [1.29, 1.82) is 0 Å². The number of para-hydroxylation sites is 2. The molecule has 3 aromatic carbocycles. The van der Waals surface area contributed by atoms with Gasteiger partial charge < -0.3 is 14.1 Å². The first-order chi connectivity index (χ1) is 16.5. The summed E-state index contributed by atoms with van der Waals surface area (Å²) in [6.45, 7) is 4.20. The Morgan fingerprint density at radius 1 is 1.18 bits per heavy atom. The first-order valence-corrected chi connectivity index (χ1v) is 10.9. The van der Waals surface area contributed by atoms with Crippen molar-refractivity contribution >= 4 is 39.4 Å². The molecule has 0 fully saturated rings.